The smallest absolute Gasteiger partial charge is 0.243 e. The number of nitrogens with zero attached hydrogens (tertiary/aromatic N) is 3. The maximum Gasteiger partial charge on any atom is 0.243 e. The van der Waals surface area contributed by atoms with Crippen molar-refractivity contribution >= 4 is 33.2 Å². The van der Waals surface area contributed by atoms with Gasteiger partial charge in [0.25, 0.3) is 0 Å². The first-order valence-corrected chi connectivity index (χ1v) is 11.5. The Kier molecular flexibility index (Phi) is 4.62. The molecule has 1 fully saturated rings. The van der Waals surface area contributed by atoms with E-state index in [4.69, 9.17) is 23.2 Å². The van der Waals surface area contributed by atoms with Gasteiger partial charge in [-0.1, -0.05) is 41.4 Å². The van der Waals surface area contributed by atoms with Gasteiger partial charge in [0.2, 0.25) is 10.0 Å². The summed E-state index contributed by atoms with van der Waals surface area (Å²) in [5, 5.41) is 0.950. The highest BCUT2D eigenvalue weighted by Gasteiger charge is 2.47. The zero-order chi connectivity index (χ0) is 20.2. The fraction of sp³-hybridized carbons (Fsp3) is 0.238. The number of aromatic nitrogens is 2. The number of halogens is 2. The lowest BCUT2D eigenvalue weighted by atomic mass is 10.0. The van der Waals surface area contributed by atoms with Crippen LogP contribution in [-0.2, 0) is 16.4 Å². The van der Waals surface area contributed by atoms with Crippen LogP contribution in [0.1, 0.15) is 30.1 Å². The maximum atomic E-state index is 13.5. The molecule has 5 nitrogen and oxygen atoms in total. The lowest BCUT2D eigenvalue weighted by molar-refractivity contribution is 0.300. The molecule has 2 aliphatic heterocycles. The van der Waals surface area contributed by atoms with Crippen molar-refractivity contribution in [2.45, 2.75) is 36.2 Å². The molecule has 29 heavy (non-hydrogen) atoms. The number of hydrogen-bond acceptors (Lipinski definition) is 4. The molecule has 1 saturated heterocycles. The SMILES string of the molecule is O=S(=O)(c1ccc(-c2ccc(Cl)c(Cl)c2)cc1)N1[C@H]2CC[C@H]1c1cncnc1C2. The topological polar surface area (TPSA) is 63.2 Å². The van der Waals surface area contributed by atoms with Crippen molar-refractivity contribution in [2.75, 3.05) is 0 Å². The van der Waals surface area contributed by atoms with Crippen LogP contribution in [0.25, 0.3) is 11.1 Å². The van der Waals surface area contributed by atoms with Crippen LogP contribution in [0.5, 0.6) is 0 Å². The van der Waals surface area contributed by atoms with Gasteiger partial charge in [0.05, 0.1) is 26.7 Å². The van der Waals surface area contributed by atoms with E-state index in [9.17, 15) is 8.42 Å². The third-order valence-electron chi connectivity index (χ3n) is 5.74. The molecule has 8 heteroatoms. The van der Waals surface area contributed by atoms with Crippen molar-refractivity contribution in [3.63, 3.8) is 0 Å². The highest BCUT2D eigenvalue weighted by Crippen LogP contribution is 2.46. The number of hydrogen-bond donors (Lipinski definition) is 0. The Bertz CT molecular complexity index is 1200. The van der Waals surface area contributed by atoms with E-state index in [2.05, 4.69) is 9.97 Å². The van der Waals surface area contributed by atoms with Gasteiger partial charge in [-0.3, -0.25) is 0 Å². The second kappa shape index (κ2) is 7.06. The van der Waals surface area contributed by atoms with E-state index in [-0.39, 0.29) is 12.1 Å². The fourth-order valence-corrected chi connectivity index (χ4v) is 6.51. The summed E-state index contributed by atoms with van der Waals surface area (Å²) >= 11 is 12.1. The van der Waals surface area contributed by atoms with E-state index in [0.717, 1.165) is 35.2 Å². The first kappa shape index (κ1) is 19.0. The van der Waals surface area contributed by atoms with Crippen molar-refractivity contribution in [3.05, 3.63) is 76.3 Å². The molecular formula is C21H17Cl2N3O2S. The van der Waals surface area contributed by atoms with E-state index in [1.54, 1.807) is 46.9 Å². The van der Waals surface area contributed by atoms with Gasteiger partial charge in [-0.05, 0) is 48.2 Å². The molecule has 2 atom stereocenters. The summed E-state index contributed by atoms with van der Waals surface area (Å²) in [6, 6.07) is 12.0. The standard InChI is InChI=1S/C21H17Cl2N3O2S/c22-18-7-3-14(9-19(18)23)13-1-5-16(6-2-13)29(27,28)26-15-4-8-21(26)17-11-24-12-25-20(17)10-15/h1-3,5-7,9,11-12,15,21H,4,8,10H2/t15-,21-/m0/s1. The Morgan fingerprint density at radius 3 is 2.48 bits per heavy atom. The highest BCUT2D eigenvalue weighted by molar-refractivity contribution is 7.89. The predicted octanol–water partition coefficient (Wildman–Crippen LogP) is 4.90. The van der Waals surface area contributed by atoms with Gasteiger partial charge in [-0.25, -0.2) is 18.4 Å². The van der Waals surface area contributed by atoms with E-state index in [1.807, 2.05) is 6.07 Å². The molecule has 0 unspecified atom stereocenters. The molecule has 148 valence electrons. The van der Waals surface area contributed by atoms with Crippen LogP contribution in [0.2, 0.25) is 10.0 Å². The Morgan fingerprint density at radius 1 is 0.966 bits per heavy atom. The first-order valence-electron chi connectivity index (χ1n) is 9.33. The minimum atomic E-state index is -3.62. The van der Waals surface area contributed by atoms with Gasteiger partial charge in [0, 0.05) is 24.2 Å². The molecule has 0 radical (unpaired) electrons. The number of rotatable bonds is 3. The Labute approximate surface area is 179 Å². The van der Waals surface area contributed by atoms with Crippen LogP contribution in [0.3, 0.4) is 0 Å². The molecule has 0 amide bonds. The van der Waals surface area contributed by atoms with Gasteiger partial charge < -0.3 is 0 Å². The second-order valence-corrected chi connectivity index (χ2v) is 10.0. The van der Waals surface area contributed by atoms with E-state index >= 15 is 0 Å². The highest BCUT2D eigenvalue weighted by atomic mass is 35.5. The number of fused-ring (bicyclic) bond motifs is 4. The predicted molar refractivity (Wildman–Crippen MR) is 112 cm³/mol. The van der Waals surface area contributed by atoms with Gasteiger partial charge >= 0.3 is 0 Å². The molecule has 0 spiro atoms. The lowest BCUT2D eigenvalue weighted by Gasteiger charge is -2.34. The molecule has 3 heterocycles. The molecule has 0 N–H and O–H groups in total. The summed E-state index contributed by atoms with van der Waals surface area (Å²) in [5.41, 5.74) is 3.65. The average Bonchev–Trinajstić information content (AvgIpc) is 3.06. The molecule has 0 saturated carbocycles. The molecule has 1 aromatic heterocycles. The van der Waals surface area contributed by atoms with Gasteiger partial charge in [0.15, 0.2) is 0 Å². The number of benzene rings is 2. The lowest BCUT2D eigenvalue weighted by Crippen LogP contribution is -2.42. The van der Waals surface area contributed by atoms with Crippen LogP contribution >= 0.6 is 23.2 Å². The van der Waals surface area contributed by atoms with Crippen LogP contribution in [0.15, 0.2) is 59.9 Å². The van der Waals surface area contributed by atoms with Crippen LogP contribution < -0.4 is 0 Å². The van der Waals surface area contributed by atoms with Crippen LogP contribution in [0.4, 0.5) is 0 Å². The third-order valence-corrected chi connectivity index (χ3v) is 8.45. The molecule has 2 bridgehead atoms. The van der Waals surface area contributed by atoms with Crippen molar-refractivity contribution in [2.24, 2.45) is 0 Å². The van der Waals surface area contributed by atoms with Crippen LogP contribution in [0, 0.1) is 0 Å². The van der Waals surface area contributed by atoms with Crippen LogP contribution in [-0.4, -0.2) is 28.7 Å². The summed E-state index contributed by atoms with van der Waals surface area (Å²) < 4.78 is 28.6. The fourth-order valence-electron chi connectivity index (χ4n) is 4.36. The molecular weight excluding hydrogens is 429 g/mol. The zero-order valence-electron chi connectivity index (χ0n) is 15.3. The van der Waals surface area contributed by atoms with E-state index in [1.165, 1.54) is 6.33 Å². The summed E-state index contributed by atoms with van der Waals surface area (Å²) in [4.78, 5) is 8.75. The maximum absolute atomic E-state index is 13.5. The molecule has 2 aliphatic rings. The Balaban J connectivity index is 1.49. The van der Waals surface area contributed by atoms with Gasteiger partial charge in [-0.15, -0.1) is 0 Å². The number of sulfonamides is 1. The quantitative estimate of drug-likeness (QED) is 0.574. The first-order chi connectivity index (χ1) is 13.9. The van der Waals surface area contributed by atoms with Gasteiger partial charge in [0.1, 0.15) is 6.33 Å². The third kappa shape index (κ3) is 3.15. The Hall–Kier alpha value is -1.99. The monoisotopic (exact) mass is 445 g/mol. The summed E-state index contributed by atoms with van der Waals surface area (Å²) in [5.74, 6) is 0. The van der Waals surface area contributed by atoms with Gasteiger partial charge in [-0.2, -0.15) is 4.31 Å². The molecule has 5 rings (SSSR count). The summed E-state index contributed by atoms with van der Waals surface area (Å²) in [6.07, 6.45) is 5.55. The average molecular weight is 446 g/mol. The van der Waals surface area contributed by atoms with Crippen molar-refractivity contribution in [1.29, 1.82) is 0 Å². The zero-order valence-corrected chi connectivity index (χ0v) is 17.6. The van der Waals surface area contributed by atoms with E-state index < -0.39 is 10.0 Å². The van der Waals surface area contributed by atoms with Crippen molar-refractivity contribution in [3.8, 4) is 11.1 Å². The molecule has 0 aliphatic carbocycles. The molecule has 2 aromatic carbocycles. The van der Waals surface area contributed by atoms with E-state index in [0.29, 0.717) is 21.4 Å². The van der Waals surface area contributed by atoms with Crippen molar-refractivity contribution in [1.82, 2.24) is 14.3 Å². The largest absolute Gasteiger partial charge is 0.244 e. The Morgan fingerprint density at radius 2 is 1.72 bits per heavy atom. The summed E-state index contributed by atoms with van der Waals surface area (Å²) in [6.45, 7) is 0. The van der Waals surface area contributed by atoms with Crippen molar-refractivity contribution < 1.29 is 8.42 Å². The normalized spacial score (nSPS) is 21.2. The second-order valence-electron chi connectivity index (χ2n) is 7.36. The minimum absolute atomic E-state index is 0.0536. The minimum Gasteiger partial charge on any atom is -0.244 e. The summed E-state index contributed by atoms with van der Waals surface area (Å²) in [7, 11) is -3.62. The molecule has 3 aromatic rings.